The Morgan fingerprint density at radius 1 is 0.773 bits per heavy atom. The maximum Gasteiger partial charge on any atom is 0.253 e. The number of hydrogen-bond acceptors (Lipinski definition) is 4. The molecule has 0 aromatic heterocycles. The largest absolute Gasteiger partial charge is 0.276 e. The summed E-state index contributed by atoms with van der Waals surface area (Å²) in [6.07, 6.45) is 0. The molecule has 0 aliphatic carbocycles. The number of carbonyl (C=O) groups is 2. The van der Waals surface area contributed by atoms with E-state index in [1.807, 2.05) is 38.1 Å². The van der Waals surface area contributed by atoms with Crippen LogP contribution in [-0.4, -0.2) is 10.5 Å². The summed E-state index contributed by atoms with van der Waals surface area (Å²) in [5.74, 6) is 0. The number of aryl methyl sites for hydroxylation is 2. The Labute approximate surface area is 147 Å². The van der Waals surface area contributed by atoms with E-state index in [1.54, 1.807) is 12.1 Å². The van der Waals surface area contributed by atoms with Crippen LogP contribution in [0.1, 0.15) is 31.8 Å². The molecule has 0 saturated carbocycles. The van der Waals surface area contributed by atoms with E-state index in [0.29, 0.717) is 11.1 Å². The molecule has 0 atom stereocenters. The van der Waals surface area contributed by atoms with Crippen LogP contribution < -0.4 is 0 Å². The molecule has 2 aromatic carbocycles. The highest BCUT2D eigenvalue weighted by molar-refractivity contribution is 8.76. The molecule has 0 radical (unpaired) electrons. The van der Waals surface area contributed by atoms with Gasteiger partial charge in [-0.25, -0.2) is 0 Å². The van der Waals surface area contributed by atoms with Gasteiger partial charge in [-0.05, 0) is 61.3 Å². The van der Waals surface area contributed by atoms with Crippen molar-refractivity contribution in [3.05, 3.63) is 58.7 Å². The van der Waals surface area contributed by atoms with E-state index in [1.165, 1.54) is 21.6 Å². The number of carbonyl (C=O) groups excluding carboxylic acids is 2. The zero-order valence-electron chi connectivity index (χ0n) is 11.9. The van der Waals surface area contributed by atoms with Gasteiger partial charge in [-0.3, -0.25) is 9.59 Å². The molecule has 2 rings (SSSR count). The van der Waals surface area contributed by atoms with Crippen molar-refractivity contribution in [3.8, 4) is 0 Å². The van der Waals surface area contributed by atoms with E-state index in [0.717, 1.165) is 20.9 Å². The zero-order chi connectivity index (χ0) is 16.3. The summed E-state index contributed by atoms with van der Waals surface area (Å²) in [4.78, 5) is 24.5. The highest BCUT2D eigenvalue weighted by Crippen LogP contribution is 2.41. The molecular weight excluding hydrogens is 359 g/mol. The fourth-order valence-corrected chi connectivity index (χ4v) is 4.57. The van der Waals surface area contributed by atoms with E-state index >= 15 is 0 Å². The lowest BCUT2D eigenvalue weighted by Gasteiger charge is -2.09. The second kappa shape index (κ2) is 7.55. The van der Waals surface area contributed by atoms with Crippen molar-refractivity contribution in [2.75, 3.05) is 0 Å². The molecule has 0 saturated heterocycles. The predicted octanol–water partition coefficient (Wildman–Crippen LogP) is 5.86. The van der Waals surface area contributed by atoms with Gasteiger partial charge in [0.25, 0.3) is 10.5 Å². The molecule has 0 spiro atoms. The van der Waals surface area contributed by atoms with Gasteiger partial charge < -0.3 is 0 Å². The Kier molecular flexibility index (Phi) is 5.98. The lowest BCUT2D eigenvalue weighted by atomic mass is 10.1. The van der Waals surface area contributed by atoms with Crippen LogP contribution in [0.2, 0.25) is 0 Å². The van der Waals surface area contributed by atoms with Gasteiger partial charge in [-0.2, -0.15) is 0 Å². The Bertz CT molecular complexity index is 681. The highest BCUT2D eigenvalue weighted by Gasteiger charge is 2.14. The van der Waals surface area contributed by atoms with E-state index in [2.05, 4.69) is 0 Å². The van der Waals surface area contributed by atoms with Crippen molar-refractivity contribution in [2.24, 2.45) is 0 Å². The molecule has 22 heavy (non-hydrogen) atoms. The van der Waals surface area contributed by atoms with Crippen LogP contribution in [-0.2, 0) is 0 Å². The lowest BCUT2D eigenvalue weighted by Crippen LogP contribution is -1.94. The molecule has 0 N–H and O–H groups in total. The van der Waals surface area contributed by atoms with Crippen LogP contribution in [0.25, 0.3) is 0 Å². The molecule has 2 nitrogen and oxygen atoms in total. The number of benzene rings is 2. The average molecular weight is 371 g/mol. The maximum absolute atomic E-state index is 11.5. The van der Waals surface area contributed by atoms with Crippen molar-refractivity contribution in [3.63, 3.8) is 0 Å². The molecule has 0 aliphatic heterocycles. The normalized spacial score (nSPS) is 10.5. The van der Waals surface area contributed by atoms with Gasteiger partial charge in [-0.15, -0.1) is 0 Å². The molecule has 114 valence electrons. The number of rotatable bonds is 5. The van der Waals surface area contributed by atoms with Crippen molar-refractivity contribution in [1.29, 1.82) is 0 Å². The Balaban J connectivity index is 2.28. The number of hydrogen-bond donors (Lipinski definition) is 0. The summed E-state index contributed by atoms with van der Waals surface area (Å²) >= 11 is 11.3. The summed E-state index contributed by atoms with van der Waals surface area (Å²) in [5, 5.41) is -0.992. The third-order valence-electron chi connectivity index (χ3n) is 2.91. The van der Waals surface area contributed by atoms with Crippen LogP contribution in [0, 0.1) is 13.8 Å². The highest BCUT2D eigenvalue weighted by atomic mass is 35.5. The first-order chi connectivity index (χ1) is 10.4. The maximum atomic E-state index is 11.5. The molecular formula is C16H12Cl2O2S2. The summed E-state index contributed by atoms with van der Waals surface area (Å²) in [5.41, 5.74) is 2.85. The van der Waals surface area contributed by atoms with Crippen molar-refractivity contribution in [1.82, 2.24) is 0 Å². The average Bonchev–Trinajstić information content (AvgIpc) is 2.46. The smallest absolute Gasteiger partial charge is 0.253 e. The van der Waals surface area contributed by atoms with Gasteiger partial charge in [0.15, 0.2) is 0 Å². The Morgan fingerprint density at radius 2 is 1.14 bits per heavy atom. The fraction of sp³-hybridized carbons (Fsp3) is 0.125. The predicted molar refractivity (Wildman–Crippen MR) is 94.4 cm³/mol. The molecule has 0 heterocycles. The van der Waals surface area contributed by atoms with Gasteiger partial charge in [0.05, 0.1) is 0 Å². The minimum Gasteiger partial charge on any atom is -0.276 e. The van der Waals surface area contributed by atoms with Gasteiger partial charge in [0.1, 0.15) is 0 Å². The van der Waals surface area contributed by atoms with E-state index in [9.17, 15) is 9.59 Å². The third kappa shape index (κ3) is 4.29. The first-order valence-electron chi connectivity index (χ1n) is 6.34. The third-order valence-corrected chi connectivity index (χ3v) is 5.80. The molecule has 0 unspecified atom stereocenters. The Hall–Kier alpha value is -0.940. The van der Waals surface area contributed by atoms with Crippen LogP contribution in [0.4, 0.5) is 0 Å². The van der Waals surface area contributed by atoms with Gasteiger partial charge in [0.2, 0.25) is 0 Å². The topological polar surface area (TPSA) is 34.1 Å². The van der Waals surface area contributed by atoms with Crippen LogP contribution in [0.15, 0.2) is 46.2 Å². The summed E-state index contributed by atoms with van der Waals surface area (Å²) in [6, 6.07) is 11.0. The van der Waals surface area contributed by atoms with E-state index < -0.39 is 10.5 Å². The fourth-order valence-electron chi connectivity index (χ4n) is 1.83. The van der Waals surface area contributed by atoms with Crippen molar-refractivity contribution in [2.45, 2.75) is 23.6 Å². The molecule has 0 aliphatic rings. The number of halogens is 2. The first-order valence-corrected chi connectivity index (χ1v) is 9.24. The summed E-state index contributed by atoms with van der Waals surface area (Å²) < 4.78 is 0. The Morgan fingerprint density at radius 3 is 1.45 bits per heavy atom. The molecule has 0 amide bonds. The van der Waals surface area contributed by atoms with E-state index in [4.69, 9.17) is 23.2 Å². The monoisotopic (exact) mass is 370 g/mol. The molecule has 0 bridgehead atoms. The quantitative estimate of drug-likeness (QED) is 0.487. The minimum absolute atomic E-state index is 0.463. The SMILES string of the molecule is Cc1ccc(SSc2ccc(C)cc2C(=O)Cl)c(C(=O)Cl)c1. The minimum atomic E-state index is -0.496. The van der Waals surface area contributed by atoms with Crippen molar-refractivity contribution >= 4 is 55.3 Å². The van der Waals surface area contributed by atoms with Crippen LogP contribution in [0.5, 0.6) is 0 Å². The van der Waals surface area contributed by atoms with Crippen LogP contribution in [0.3, 0.4) is 0 Å². The van der Waals surface area contributed by atoms with Crippen LogP contribution >= 0.6 is 44.8 Å². The van der Waals surface area contributed by atoms with E-state index in [-0.39, 0.29) is 0 Å². The van der Waals surface area contributed by atoms with Gasteiger partial charge >= 0.3 is 0 Å². The molecule has 6 heteroatoms. The standard InChI is InChI=1S/C16H12Cl2O2S2/c1-9-3-5-13(11(7-9)15(17)19)21-22-14-6-4-10(2)8-12(14)16(18)20/h3-8H,1-2H3. The van der Waals surface area contributed by atoms with Gasteiger partial charge in [-0.1, -0.05) is 44.8 Å². The van der Waals surface area contributed by atoms with Crippen molar-refractivity contribution < 1.29 is 9.59 Å². The summed E-state index contributed by atoms with van der Waals surface area (Å²) in [6.45, 7) is 3.80. The second-order valence-corrected chi connectivity index (χ2v) is 7.61. The zero-order valence-corrected chi connectivity index (χ0v) is 15.0. The molecule has 2 aromatic rings. The molecule has 0 fully saturated rings. The first kappa shape index (κ1) is 17.4. The summed E-state index contributed by atoms with van der Waals surface area (Å²) in [7, 11) is 2.75. The lowest BCUT2D eigenvalue weighted by molar-refractivity contribution is 0.107. The van der Waals surface area contributed by atoms with Gasteiger partial charge in [0, 0.05) is 20.9 Å². The second-order valence-electron chi connectivity index (χ2n) is 4.71.